The van der Waals surface area contributed by atoms with Crippen molar-refractivity contribution < 1.29 is 9.53 Å². The molecule has 1 amide bonds. The number of carbonyl (C=O) groups excluding carboxylic acids is 1. The number of hydrogen-bond donors (Lipinski definition) is 1. The summed E-state index contributed by atoms with van der Waals surface area (Å²) in [7, 11) is 5.65. The molecule has 0 saturated heterocycles. The van der Waals surface area contributed by atoms with E-state index >= 15 is 0 Å². The highest BCUT2D eigenvalue weighted by Crippen LogP contribution is 2.22. The van der Waals surface area contributed by atoms with Crippen molar-refractivity contribution in [2.45, 2.75) is 6.04 Å². The summed E-state index contributed by atoms with van der Waals surface area (Å²) in [4.78, 5) is 15.1. The van der Waals surface area contributed by atoms with Gasteiger partial charge < -0.3 is 15.0 Å². The average molecular weight is 330 g/mol. The summed E-state index contributed by atoms with van der Waals surface area (Å²) in [5.41, 5.74) is 1.11. The second-order valence-corrected chi connectivity index (χ2v) is 6.33. The van der Waals surface area contributed by atoms with Gasteiger partial charge in [0.15, 0.2) is 0 Å². The lowest BCUT2D eigenvalue weighted by Crippen LogP contribution is -2.33. The Morgan fingerprint density at radius 2 is 2.17 bits per heavy atom. The number of nitrogens with zero attached hydrogens (tertiary/aromatic N) is 1. The number of carbonyl (C=O) groups is 1. The molecule has 2 rings (SSSR count). The predicted molar refractivity (Wildman–Crippen MR) is 95.8 cm³/mol. The summed E-state index contributed by atoms with van der Waals surface area (Å²) in [5, 5.41) is 4.95. The summed E-state index contributed by atoms with van der Waals surface area (Å²) in [6.45, 7) is 0.535. The van der Waals surface area contributed by atoms with Gasteiger partial charge in [0.25, 0.3) is 0 Å². The maximum atomic E-state index is 12.0. The van der Waals surface area contributed by atoms with Crippen molar-refractivity contribution in [2.24, 2.45) is 0 Å². The molecular formula is C18H22N2O2S. The number of rotatable bonds is 7. The van der Waals surface area contributed by atoms with Gasteiger partial charge in [-0.3, -0.25) is 4.79 Å². The summed E-state index contributed by atoms with van der Waals surface area (Å²) in [5.74, 6) is 0.728. The topological polar surface area (TPSA) is 41.6 Å². The third kappa shape index (κ3) is 5.23. The highest BCUT2D eigenvalue weighted by atomic mass is 32.1. The molecule has 0 spiro atoms. The molecule has 1 aromatic carbocycles. The zero-order chi connectivity index (χ0) is 16.7. The van der Waals surface area contributed by atoms with Gasteiger partial charge in [-0.1, -0.05) is 18.2 Å². The smallest absolute Gasteiger partial charge is 0.244 e. The first-order valence-electron chi connectivity index (χ1n) is 7.40. The number of thiophene rings is 1. The molecule has 1 N–H and O–H groups in total. The summed E-state index contributed by atoms with van der Waals surface area (Å²) < 4.78 is 5.27. The molecule has 1 aromatic heterocycles. The molecule has 0 bridgehead atoms. The van der Waals surface area contributed by atoms with E-state index in [4.69, 9.17) is 4.74 Å². The van der Waals surface area contributed by atoms with Crippen LogP contribution >= 0.6 is 11.3 Å². The quantitative estimate of drug-likeness (QED) is 0.793. The molecule has 0 aliphatic rings. The molecule has 122 valence electrons. The summed E-state index contributed by atoms with van der Waals surface area (Å²) in [6.07, 6.45) is 3.40. The first kappa shape index (κ1) is 17.2. The Hall–Kier alpha value is -2.11. The Morgan fingerprint density at radius 1 is 1.35 bits per heavy atom. The van der Waals surface area contributed by atoms with E-state index in [1.54, 1.807) is 24.5 Å². The highest BCUT2D eigenvalue weighted by Gasteiger charge is 2.15. The molecule has 2 aromatic rings. The van der Waals surface area contributed by atoms with E-state index in [1.807, 2.05) is 61.9 Å². The normalized spacial score (nSPS) is 12.5. The van der Waals surface area contributed by atoms with E-state index in [0.717, 1.165) is 16.2 Å². The van der Waals surface area contributed by atoms with E-state index in [-0.39, 0.29) is 11.9 Å². The third-order valence-electron chi connectivity index (χ3n) is 3.51. The number of likely N-dealkylation sites (N-methyl/N-ethyl adjacent to an activating group) is 1. The van der Waals surface area contributed by atoms with Gasteiger partial charge in [0.2, 0.25) is 5.91 Å². The minimum Gasteiger partial charge on any atom is -0.497 e. The van der Waals surface area contributed by atoms with Crippen molar-refractivity contribution >= 4 is 23.3 Å². The fourth-order valence-corrected chi connectivity index (χ4v) is 2.87. The molecule has 0 unspecified atom stereocenters. The van der Waals surface area contributed by atoms with Crippen LogP contribution in [-0.2, 0) is 4.79 Å². The summed E-state index contributed by atoms with van der Waals surface area (Å²) in [6, 6.07) is 11.9. The Morgan fingerprint density at radius 3 is 2.83 bits per heavy atom. The number of hydrogen-bond acceptors (Lipinski definition) is 4. The zero-order valence-electron chi connectivity index (χ0n) is 13.7. The second-order valence-electron chi connectivity index (χ2n) is 5.35. The van der Waals surface area contributed by atoms with Crippen molar-refractivity contribution in [3.8, 4) is 5.75 Å². The third-order valence-corrected chi connectivity index (χ3v) is 4.35. The lowest BCUT2D eigenvalue weighted by atomic mass is 10.1. The van der Waals surface area contributed by atoms with Crippen LogP contribution in [0.3, 0.4) is 0 Å². The minimum absolute atomic E-state index is 0.0872. The fraction of sp³-hybridized carbons (Fsp3) is 0.278. The number of ether oxygens (including phenoxy) is 1. The highest BCUT2D eigenvalue weighted by molar-refractivity contribution is 7.10. The molecule has 5 heteroatoms. The Balaban J connectivity index is 1.98. The second kappa shape index (κ2) is 8.50. The van der Waals surface area contributed by atoms with Crippen LogP contribution in [0.2, 0.25) is 0 Å². The van der Waals surface area contributed by atoms with Gasteiger partial charge in [-0.15, -0.1) is 11.3 Å². The average Bonchev–Trinajstić information content (AvgIpc) is 3.06. The van der Waals surface area contributed by atoms with Crippen LogP contribution in [0.4, 0.5) is 0 Å². The zero-order valence-corrected chi connectivity index (χ0v) is 14.5. The van der Waals surface area contributed by atoms with Gasteiger partial charge in [0, 0.05) is 17.5 Å². The van der Waals surface area contributed by atoms with Gasteiger partial charge in [-0.2, -0.15) is 0 Å². The number of amides is 1. The van der Waals surface area contributed by atoms with E-state index < -0.39 is 0 Å². The molecule has 0 radical (unpaired) electrons. The Kier molecular flexibility index (Phi) is 6.38. The number of methoxy groups -OCH3 is 1. The van der Waals surface area contributed by atoms with Crippen LogP contribution in [0, 0.1) is 0 Å². The van der Waals surface area contributed by atoms with Crippen LogP contribution in [0.1, 0.15) is 16.5 Å². The van der Waals surface area contributed by atoms with E-state index in [0.29, 0.717) is 6.54 Å². The van der Waals surface area contributed by atoms with Gasteiger partial charge >= 0.3 is 0 Å². The van der Waals surface area contributed by atoms with Crippen LogP contribution in [0.5, 0.6) is 5.75 Å². The largest absolute Gasteiger partial charge is 0.497 e. The van der Waals surface area contributed by atoms with E-state index in [9.17, 15) is 4.79 Å². The molecule has 0 aliphatic carbocycles. The molecule has 0 aliphatic heterocycles. The lowest BCUT2D eigenvalue weighted by molar-refractivity contribution is -0.116. The Bertz CT molecular complexity index is 651. The van der Waals surface area contributed by atoms with E-state index in [1.165, 1.54) is 0 Å². The summed E-state index contributed by atoms with van der Waals surface area (Å²) >= 11 is 1.61. The molecule has 1 atom stereocenters. The maximum Gasteiger partial charge on any atom is 0.244 e. The Labute approximate surface area is 141 Å². The van der Waals surface area contributed by atoms with Crippen molar-refractivity contribution in [2.75, 3.05) is 27.7 Å². The molecule has 23 heavy (non-hydrogen) atoms. The van der Waals surface area contributed by atoms with Crippen LogP contribution in [-0.4, -0.2) is 38.6 Å². The molecule has 0 saturated carbocycles. The molecular weight excluding hydrogens is 308 g/mol. The monoisotopic (exact) mass is 330 g/mol. The van der Waals surface area contributed by atoms with Gasteiger partial charge in [-0.25, -0.2) is 0 Å². The van der Waals surface area contributed by atoms with Crippen LogP contribution in [0.25, 0.3) is 6.08 Å². The van der Waals surface area contributed by atoms with Crippen LogP contribution in [0.15, 0.2) is 47.9 Å². The van der Waals surface area contributed by atoms with E-state index in [2.05, 4.69) is 10.2 Å². The lowest BCUT2D eigenvalue weighted by Gasteiger charge is -2.25. The first-order chi connectivity index (χ1) is 11.1. The SMILES string of the molecule is COc1cccc([C@@H](CNC(=O)/C=C/c2cccs2)N(C)C)c1. The van der Waals surface area contributed by atoms with Crippen LogP contribution < -0.4 is 10.1 Å². The van der Waals surface area contributed by atoms with Gasteiger partial charge in [0.1, 0.15) is 5.75 Å². The molecule has 1 heterocycles. The number of nitrogens with one attached hydrogen (secondary N) is 1. The molecule has 0 fully saturated rings. The van der Waals surface area contributed by atoms with Crippen molar-refractivity contribution in [1.29, 1.82) is 0 Å². The van der Waals surface area contributed by atoms with Crippen molar-refractivity contribution in [1.82, 2.24) is 10.2 Å². The standard InChI is InChI=1S/C18H22N2O2S/c1-20(2)17(14-6-4-7-15(12-14)22-3)13-19-18(21)10-9-16-8-5-11-23-16/h4-12,17H,13H2,1-3H3,(H,19,21)/b10-9+/t17-/m1/s1. The molecule has 4 nitrogen and oxygen atoms in total. The number of benzene rings is 1. The van der Waals surface area contributed by atoms with Crippen molar-refractivity contribution in [3.63, 3.8) is 0 Å². The van der Waals surface area contributed by atoms with Gasteiger partial charge in [-0.05, 0) is 49.3 Å². The predicted octanol–water partition coefficient (Wildman–Crippen LogP) is 3.19. The van der Waals surface area contributed by atoms with Crippen molar-refractivity contribution in [3.05, 3.63) is 58.3 Å². The first-order valence-corrected chi connectivity index (χ1v) is 8.28. The van der Waals surface area contributed by atoms with Gasteiger partial charge in [0.05, 0.1) is 13.2 Å². The minimum atomic E-state index is -0.0897. The fourth-order valence-electron chi connectivity index (χ4n) is 2.25. The maximum absolute atomic E-state index is 12.0.